The van der Waals surface area contributed by atoms with E-state index >= 15 is 0 Å². The van der Waals surface area contributed by atoms with E-state index in [0.717, 1.165) is 31.6 Å². The molecule has 0 spiro atoms. The molecule has 3 heteroatoms. The lowest BCUT2D eigenvalue weighted by Gasteiger charge is -2.39. The van der Waals surface area contributed by atoms with Gasteiger partial charge in [-0.05, 0) is 37.3 Å². The van der Waals surface area contributed by atoms with Crippen LogP contribution in [0.5, 0.6) is 0 Å². The van der Waals surface area contributed by atoms with E-state index in [4.69, 9.17) is 0 Å². The van der Waals surface area contributed by atoms with Crippen LogP contribution in [0.15, 0.2) is 18.3 Å². The van der Waals surface area contributed by atoms with Crippen molar-refractivity contribution in [1.82, 2.24) is 4.98 Å². The van der Waals surface area contributed by atoms with Crippen LogP contribution in [0.25, 0.3) is 0 Å². The number of aryl methyl sites for hydroxylation is 1. The highest BCUT2D eigenvalue weighted by Gasteiger charge is 2.29. The molecule has 1 N–H and O–H groups in total. The molecule has 0 aliphatic carbocycles. The minimum absolute atomic E-state index is 0.120. The third kappa shape index (κ3) is 2.35. The van der Waals surface area contributed by atoms with Crippen LogP contribution in [0.3, 0.4) is 0 Å². The maximum atomic E-state index is 9.31. The number of hydrogen-bond donors (Lipinski definition) is 1. The highest BCUT2D eigenvalue weighted by atomic mass is 16.3. The highest BCUT2D eigenvalue weighted by Crippen LogP contribution is 2.32. The van der Waals surface area contributed by atoms with Gasteiger partial charge >= 0.3 is 0 Å². The fourth-order valence-electron chi connectivity index (χ4n) is 2.11. The molecule has 0 unspecified atom stereocenters. The topological polar surface area (TPSA) is 36.4 Å². The average Bonchev–Trinajstić information content (AvgIpc) is 2.32. The SMILES string of the molecule is Cc1ccc(N2CCC(C)(CO)CC2)cn1. The second-order valence-corrected chi connectivity index (χ2v) is 5.11. The predicted octanol–water partition coefficient (Wildman–Crippen LogP) is 1.99. The standard InChI is InChI=1S/C13H20N2O/c1-11-3-4-12(9-14-11)15-7-5-13(2,10-16)6-8-15/h3-4,9,16H,5-8,10H2,1-2H3. The normalized spacial score (nSPS) is 19.8. The van der Waals surface area contributed by atoms with E-state index in [1.165, 1.54) is 5.69 Å². The number of nitrogens with zero attached hydrogens (tertiary/aromatic N) is 2. The number of anilines is 1. The smallest absolute Gasteiger partial charge is 0.0552 e. The van der Waals surface area contributed by atoms with Crippen molar-refractivity contribution in [1.29, 1.82) is 0 Å². The van der Waals surface area contributed by atoms with Gasteiger partial charge < -0.3 is 10.0 Å². The number of hydrogen-bond acceptors (Lipinski definition) is 3. The number of pyridine rings is 1. The van der Waals surface area contributed by atoms with Gasteiger partial charge in [-0.1, -0.05) is 6.92 Å². The lowest BCUT2D eigenvalue weighted by atomic mass is 9.81. The molecule has 1 aliphatic heterocycles. The lowest BCUT2D eigenvalue weighted by molar-refractivity contribution is 0.115. The molecule has 2 heterocycles. The van der Waals surface area contributed by atoms with Gasteiger partial charge in [0.05, 0.1) is 11.9 Å². The van der Waals surface area contributed by atoms with Crippen molar-refractivity contribution < 1.29 is 5.11 Å². The molecule has 0 saturated carbocycles. The van der Waals surface area contributed by atoms with E-state index in [9.17, 15) is 5.11 Å². The molecule has 2 rings (SSSR count). The summed E-state index contributed by atoms with van der Waals surface area (Å²) in [5.74, 6) is 0. The molecule has 0 bridgehead atoms. The molecule has 3 nitrogen and oxygen atoms in total. The molecule has 1 aromatic heterocycles. The summed E-state index contributed by atoms with van der Waals surface area (Å²) in [5, 5.41) is 9.31. The first kappa shape index (κ1) is 11.4. The Labute approximate surface area is 97.1 Å². The van der Waals surface area contributed by atoms with Crippen molar-refractivity contribution in [3.05, 3.63) is 24.0 Å². The van der Waals surface area contributed by atoms with Gasteiger partial charge in [-0.2, -0.15) is 0 Å². The Morgan fingerprint density at radius 1 is 1.38 bits per heavy atom. The molecular weight excluding hydrogens is 200 g/mol. The van der Waals surface area contributed by atoms with Gasteiger partial charge in [0.2, 0.25) is 0 Å². The van der Waals surface area contributed by atoms with Crippen LogP contribution >= 0.6 is 0 Å². The van der Waals surface area contributed by atoms with Crippen LogP contribution in [0, 0.1) is 12.3 Å². The fourth-order valence-corrected chi connectivity index (χ4v) is 2.11. The second kappa shape index (κ2) is 4.42. The molecule has 1 aromatic rings. The largest absolute Gasteiger partial charge is 0.396 e. The zero-order chi connectivity index (χ0) is 11.6. The van der Waals surface area contributed by atoms with Crippen molar-refractivity contribution in [3.8, 4) is 0 Å². The number of rotatable bonds is 2. The molecule has 88 valence electrons. The zero-order valence-corrected chi connectivity index (χ0v) is 10.1. The summed E-state index contributed by atoms with van der Waals surface area (Å²) < 4.78 is 0. The summed E-state index contributed by atoms with van der Waals surface area (Å²) in [6, 6.07) is 4.18. The van der Waals surface area contributed by atoms with Crippen molar-refractivity contribution in [2.24, 2.45) is 5.41 Å². The zero-order valence-electron chi connectivity index (χ0n) is 10.1. The fraction of sp³-hybridized carbons (Fsp3) is 0.615. The minimum Gasteiger partial charge on any atom is -0.396 e. The molecule has 0 radical (unpaired) electrons. The van der Waals surface area contributed by atoms with Crippen molar-refractivity contribution >= 4 is 5.69 Å². The van der Waals surface area contributed by atoms with Gasteiger partial charge in [0, 0.05) is 25.4 Å². The summed E-state index contributed by atoms with van der Waals surface area (Å²) in [6.07, 6.45) is 4.05. The van der Waals surface area contributed by atoms with Gasteiger partial charge in [0.15, 0.2) is 0 Å². The average molecular weight is 220 g/mol. The number of piperidine rings is 1. The molecule has 0 atom stereocenters. The molecular formula is C13H20N2O. The summed E-state index contributed by atoms with van der Waals surface area (Å²) in [7, 11) is 0. The Morgan fingerprint density at radius 2 is 2.06 bits per heavy atom. The van der Waals surface area contributed by atoms with E-state index in [-0.39, 0.29) is 5.41 Å². The van der Waals surface area contributed by atoms with Crippen LogP contribution in [0.4, 0.5) is 5.69 Å². The van der Waals surface area contributed by atoms with Gasteiger partial charge in [-0.3, -0.25) is 4.98 Å². The van der Waals surface area contributed by atoms with Crippen molar-refractivity contribution in [2.75, 3.05) is 24.6 Å². The first-order chi connectivity index (χ1) is 7.63. The molecule has 1 saturated heterocycles. The Hall–Kier alpha value is -1.09. The van der Waals surface area contributed by atoms with Crippen LogP contribution in [-0.2, 0) is 0 Å². The van der Waals surface area contributed by atoms with E-state index < -0.39 is 0 Å². The Morgan fingerprint density at radius 3 is 2.56 bits per heavy atom. The summed E-state index contributed by atoms with van der Waals surface area (Å²) in [4.78, 5) is 6.67. The van der Waals surface area contributed by atoms with E-state index in [1.807, 2.05) is 13.1 Å². The van der Waals surface area contributed by atoms with E-state index in [0.29, 0.717) is 6.61 Å². The molecule has 1 fully saturated rings. The second-order valence-electron chi connectivity index (χ2n) is 5.11. The number of aliphatic hydroxyl groups is 1. The summed E-state index contributed by atoms with van der Waals surface area (Å²) in [5.41, 5.74) is 2.38. The van der Waals surface area contributed by atoms with E-state index in [2.05, 4.69) is 28.9 Å². The maximum absolute atomic E-state index is 9.31. The first-order valence-corrected chi connectivity index (χ1v) is 5.91. The van der Waals surface area contributed by atoms with E-state index in [1.54, 1.807) is 0 Å². The Kier molecular flexibility index (Phi) is 3.15. The molecule has 0 aromatic carbocycles. The third-order valence-electron chi connectivity index (χ3n) is 3.61. The summed E-state index contributed by atoms with van der Waals surface area (Å²) in [6.45, 7) is 6.50. The van der Waals surface area contributed by atoms with Gasteiger partial charge in [-0.15, -0.1) is 0 Å². The van der Waals surface area contributed by atoms with Crippen molar-refractivity contribution in [2.45, 2.75) is 26.7 Å². The predicted molar refractivity (Wildman–Crippen MR) is 65.6 cm³/mol. The van der Waals surface area contributed by atoms with Crippen LogP contribution in [-0.4, -0.2) is 29.8 Å². The highest BCUT2D eigenvalue weighted by molar-refractivity contribution is 5.44. The quantitative estimate of drug-likeness (QED) is 0.828. The summed E-state index contributed by atoms with van der Waals surface area (Å²) >= 11 is 0. The lowest BCUT2D eigenvalue weighted by Crippen LogP contribution is -2.40. The molecule has 1 aliphatic rings. The molecule has 16 heavy (non-hydrogen) atoms. The Bertz CT molecular complexity index is 339. The monoisotopic (exact) mass is 220 g/mol. The van der Waals surface area contributed by atoms with Crippen LogP contribution in [0.2, 0.25) is 0 Å². The molecule has 0 amide bonds. The third-order valence-corrected chi connectivity index (χ3v) is 3.61. The van der Waals surface area contributed by atoms with Gasteiger partial charge in [0.25, 0.3) is 0 Å². The van der Waals surface area contributed by atoms with Gasteiger partial charge in [-0.25, -0.2) is 0 Å². The minimum atomic E-state index is 0.120. The van der Waals surface area contributed by atoms with Gasteiger partial charge in [0.1, 0.15) is 0 Å². The first-order valence-electron chi connectivity index (χ1n) is 5.91. The van der Waals surface area contributed by atoms with Crippen molar-refractivity contribution in [3.63, 3.8) is 0 Å². The maximum Gasteiger partial charge on any atom is 0.0552 e. The number of aromatic nitrogens is 1. The number of aliphatic hydroxyl groups excluding tert-OH is 1. The van der Waals surface area contributed by atoms with Crippen LogP contribution < -0.4 is 4.90 Å². The Balaban J connectivity index is 2.01. The van der Waals surface area contributed by atoms with Crippen LogP contribution in [0.1, 0.15) is 25.5 Å².